The summed E-state index contributed by atoms with van der Waals surface area (Å²) in [6, 6.07) is 20.0. The molecule has 6 heteroatoms. The minimum absolute atomic E-state index is 0.175. The van der Waals surface area contributed by atoms with Gasteiger partial charge in [0.15, 0.2) is 0 Å². The molecule has 3 aromatic rings. The van der Waals surface area contributed by atoms with E-state index in [0.29, 0.717) is 35.7 Å². The van der Waals surface area contributed by atoms with E-state index in [1.807, 2.05) is 50.2 Å². The van der Waals surface area contributed by atoms with Crippen LogP contribution in [0, 0.1) is 13.8 Å². The lowest BCUT2D eigenvalue weighted by molar-refractivity contribution is 0.102. The molecule has 0 saturated heterocycles. The molecule has 0 radical (unpaired) electrons. The Morgan fingerprint density at radius 3 is 2.30 bits per heavy atom. The number of amides is 1. The van der Waals surface area contributed by atoms with Crippen molar-refractivity contribution in [2.45, 2.75) is 31.7 Å². The maximum Gasteiger partial charge on any atom is 0.255 e. The largest absolute Gasteiger partial charge is 0.322 e. The fourth-order valence-electron chi connectivity index (χ4n) is 3.86. The van der Waals surface area contributed by atoms with Gasteiger partial charge < -0.3 is 5.32 Å². The van der Waals surface area contributed by atoms with Gasteiger partial charge in [-0.3, -0.25) is 4.79 Å². The summed E-state index contributed by atoms with van der Waals surface area (Å²) in [5.74, 6) is -0.175. The third-order valence-electron chi connectivity index (χ3n) is 5.31. The van der Waals surface area contributed by atoms with Crippen LogP contribution < -0.4 is 5.32 Å². The summed E-state index contributed by atoms with van der Waals surface area (Å²) in [6.45, 7) is 4.66. The number of nitrogens with zero attached hydrogens (tertiary/aromatic N) is 1. The van der Waals surface area contributed by atoms with Gasteiger partial charge in [-0.05, 0) is 67.8 Å². The molecule has 0 bridgehead atoms. The maximum absolute atomic E-state index is 13.0. The average molecular weight is 421 g/mol. The summed E-state index contributed by atoms with van der Waals surface area (Å²) in [4.78, 5) is 13.0. The smallest absolute Gasteiger partial charge is 0.255 e. The number of carbonyl (C=O) groups excluding carboxylic acids is 1. The molecule has 0 unspecified atom stereocenters. The molecule has 0 spiro atoms. The van der Waals surface area contributed by atoms with Crippen LogP contribution in [0.1, 0.15) is 32.6 Å². The predicted molar refractivity (Wildman–Crippen MR) is 118 cm³/mol. The van der Waals surface area contributed by atoms with Crippen molar-refractivity contribution in [3.63, 3.8) is 0 Å². The highest BCUT2D eigenvalue weighted by Crippen LogP contribution is 2.27. The molecule has 154 valence electrons. The number of nitrogens with one attached hydrogen (secondary N) is 1. The molecule has 0 aromatic heterocycles. The van der Waals surface area contributed by atoms with E-state index in [9.17, 15) is 13.2 Å². The highest BCUT2D eigenvalue weighted by atomic mass is 32.2. The number of aryl methyl sites for hydroxylation is 2. The topological polar surface area (TPSA) is 66.5 Å². The zero-order valence-corrected chi connectivity index (χ0v) is 17.9. The highest BCUT2D eigenvalue weighted by Gasteiger charge is 2.28. The van der Waals surface area contributed by atoms with Crippen molar-refractivity contribution in [3.8, 4) is 0 Å². The van der Waals surface area contributed by atoms with Crippen LogP contribution >= 0.6 is 0 Å². The summed E-state index contributed by atoms with van der Waals surface area (Å²) in [5.41, 5.74) is 5.37. The molecule has 3 aromatic carbocycles. The van der Waals surface area contributed by atoms with Gasteiger partial charge in [0.1, 0.15) is 0 Å². The lowest BCUT2D eigenvalue weighted by atomic mass is 10.0. The van der Waals surface area contributed by atoms with Gasteiger partial charge in [0.2, 0.25) is 10.0 Å². The van der Waals surface area contributed by atoms with Gasteiger partial charge in [-0.15, -0.1) is 0 Å². The maximum atomic E-state index is 13.0. The van der Waals surface area contributed by atoms with Crippen molar-refractivity contribution < 1.29 is 13.2 Å². The van der Waals surface area contributed by atoms with Gasteiger partial charge in [0.05, 0.1) is 4.90 Å². The number of hydrogen-bond acceptors (Lipinski definition) is 3. The lowest BCUT2D eigenvalue weighted by Crippen LogP contribution is -2.36. The molecular weight excluding hydrogens is 396 g/mol. The summed E-state index contributed by atoms with van der Waals surface area (Å²) in [6.07, 6.45) is 0.646. The third kappa shape index (κ3) is 4.15. The first kappa shape index (κ1) is 20.3. The number of rotatable bonds is 4. The summed E-state index contributed by atoms with van der Waals surface area (Å²) >= 11 is 0. The van der Waals surface area contributed by atoms with E-state index in [1.165, 1.54) is 4.31 Å². The Labute approximate surface area is 177 Å². The normalized spacial score (nSPS) is 14.2. The van der Waals surface area contributed by atoms with E-state index in [-0.39, 0.29) is 5.91 Å². The Bertz CT molecular complexity index is 1180. The summed E-state index contributed by atoms with van der Waals surface area (Å²) in [7, 11) is -3.55. The van der Waals surface area contributed by atoms with E-state index >= 15 is 0 Å². The van der Waals surface area contributed by atoms with Gasteiger partial charge in [0.25, 0.3) is 5.91 Å². The van der Waals surface area contributed by atoms with Gasteiger partial charge in [-0.2, -0.15) is 4.31 Å². The second kappa shape index (κ2) is 8.05. The average Bonchev–Trinajstić information content (AvgIpc) is 2.73. The van der Waals surface area contributed by atoms with Crippen LogP contribution in [0.4, 0.5) is 5.69 Å². The number of hydrogen-bond donors (Lipinski definition) is 1. The van der Waals surface area contributed by atoms with Gasteiger partial charge >= 0.3 is 0 Å². The number of fused-ring (bicyclic) bond motifs is 1. The van der Waals surface area contributed by atoms with Crippen molar-refractivity contribution in [1.29, 1.82) is 0 Å². The van der Waals surface area contributed by atoms with Gasteiger partial charge in [-0.25, -0.2) is 8.42 Å². The van der Waals surface area contributed by atoms with Crippen molar-refractivity contribution in [3.05, 3.63) is 94.5 Å². The quantitative estimate of drug-likeness (QED) is 0.684. The van der Waals surface area contributed by atoms with Crippen molar-refractivity contribution >= 4 is 21.6 Å². The summed E-state index contributed by atoms with van der Waals surface area (Å²) in [5, 5.41) is 2.94. The predicted octanol–water partition coefficient (Wildman–Crippen LogP) is 4.30. The SMILES string of the molecule is Cc1cc(C)cc(C(=O)Nc2ccc3c(c2)CN(S(=O)(=O)c2ccccc2)CC3)c1. The molecule has 5 nitrogen and oxygen atoms in total. The Morgan fingerprint density at radius 1 is 0.900 bits per heavy atom. The Hall–Kier alpha value is -2.96. The molecule has 1 heterocycles. The summed E-state index contributed by atoms with van der Waals surface area (Å²) < 4.78 is 27.4. The van der Waals surface area contributed by atoms with Crippen LogP contribution in [0.3, 0.4) is 0 Å². The Morgan fingerprint density at radius 2 is 1.60 bits per heavy atom. The molecule has 30 heavy (non-hydrogen) atoms. The minimum atomic E-state index is -3.55. The van der Waals surface area contributed by atoms with Crippen LogP contribution in [0.5, 0.6) is 0 Å². The molecular formula is C24H24N2O3S. The fourth-order valence-corrected chi connectivity index (χ4v) is 5.30. The molecule has 0 atom stereocenters. The van der Waals surface area contributed by atoms with Crippen LogP contribution in [0.15, 0.2) is 71.6 Å². The number of sulfonamides is 1. The second-order valence-electron chi connectivity index (χ2n) is 7.72. The van der Waals surface area contributed by atoms with Crippen LogP contribution in [0.25, 0.3) is 0 Å². The van der Waals surface area contributed by atoms with E-state index < -0.39 is 10.0 Å². The molecule has 1 amide bonds. The fraction of sp³-hybridized carbons (Fsp3) is 0.208. The van der Waals surface area contributed by atoms with Crippen LogP contribution in [-0.4, -0.2) is 25.2 Å². The Kier molecular flexibility index (Phi) is 5.45. The molecule has 0 aliphatic carbocycles. The zero-order valence-electron chi connectivity index (χ0n) is 17.1. The number of carbonyl (C=O) groups is 1. The first-order valence-electron chi connectivity index (χ1n) is 9.89. The molecule has 1 aliphatic rings. The molecule has 1 aliphatic heterocycles. The Balaban J connectivity index is 1.55. The lowest BCUT2D eigenvalue weighted by Gasteiger charge is -2.28. The first-order valence-corrected chi connectivity index (χ1v) is 11.3. The van der Waals surface area contributed by atoms with Crippen LogP contribution in [0.2, 0.25) is 0 Å². The third-order valence-corrected chi connectivity index (χ3v) is 7.17. The van der Waals surface area contributed by atoms with Gasteiger partial charge in [-0.1, -0.05) is 41.5 Å². The first-order chi connectivity index (χ1) is 14.3. The molecule has 4 rings (SSSR count). The number of anilines is 1. The van der Waals surface area contributed by atoms with E-state index in [4.69, 9.17) is 0 Å². The molecule has 1 N–H and O–H groups in total. The van der Waals surface area contributed by atoms with Gasteiger partial charge in [0, 0.05) is 24.3 Å². The monoisotopic (exact) mass is 420 g/mol. The standard InChI is InChI=1S/C24H24N2O3S/c1-17-12-18(2)14-20(13-17)24(27)25-22-9-8-19-10-11-26(16-21(19)15-22)30(28,29)23-6-4-3-5-7-23/h3-9,12-15H,10-11,16H2,1-2H3,(H,25,27). The second-order valence-corrected chi connectivity index (χ2v) is 9.65. The number of benzene rings is 3. The van der Waals surface area contributed by atoms with Crippen molar-refractivity contribution in [2.24, 2.45) is 0 Å². The minimum Gasteiger partial charge on any atom is -0.322 e. The highest BCUT2D eigenvalue weighted by molar-refractivity contribution is 7.89. The van der Waals surface area contributed by atoms with Crippen LogP contribution in [-0.2, 0) is 23.0 Å². The van der Waals surface area contributed by atoms with E-state index in [1.54, 1.807) is 30.3 Å². The molecule has 0 fully saturated rings. The van der Waals surface area contributed by atoms with E-state index in [0.717, 1.165) is 22.3 Å². The van der Waals surface area contributed by atoms with E-state index in [2.05, 4.69) is 5.32 Å². The zero-order chi connectivity index (χ0) is 21.3. The van der Waals surface area contributed by atoms with Crippen molar-refractivity contribution in [2.75, 3.05) is 11.9 Å². The van der Waals surface area contributed by atoms with Crippen molar-refractivity contribution in [1.82, 2.24) is 4.31 Å². The molecule has 0 saturated carbocycles.